The second-order valence-electron chi connectivity index (χ2n) is 5.34. The lowest BCUT2D eigenvalue weighted by Gasteiger charge is -2.27. The summed E-state index contributed by atoms with van der Waals surface area (Å²) in [6.07, 6.45) is -0.108. The normalized spacial score (nSPS) is 15.0. The van der Waals surface area contributed by atoms with Gasteiger partial charge in [0.05, 0.1) is 0 Å². The number of nitrogens with one attached hydrogen (secondary N) is 2. The molecule has 0 unspecified atom stereocenters. The molecule has 1 aromatic rings. The molecule has 1 fully saturated rings. The lowest BCUT2D eigenvalue weighted by atomic mass is 10.0. The van der Waals surface area contributed by atoms with Crippen molar-refractivity contribution in [1.82, 2.24) is 15.8 Å². The van der Waals surface area contributed by atoms with Crippen molar-refractivity contribution in [1.29, 1.82) is 0 Å². The summed E-state index contributed by atoms with van der Waals surface area (Å²) in [7, 11) is 0. The van der Waals surface area contributed by atoms with Crippen LogP contribution in [0.3, 0.4) is 0 Å². The number of amides is 3. The van der Waals surface area contributed by atoms with Gasteiger partial charge in [-0.15, -0.1) is 0 Å². The van der Waals surface area contributed by atoms with Crippen molar-refractivity contribution in [3.63, 3.8) is 0 Å². The maximum absolute atomic E-state index is 12.4. The van der Waals surface area contributed by atoms with Crippen LogP contribution in [0.2, 0.25) is 0 Å². The fourth-order valence-corrected chi connectivity index (χ4v) is 2.23. The van der Waals surface area contributed by atoms with E-state index in [2.05, 4.69) is 10.9 Å². The van der Waals surface area contributed by atoms with Crippen molar-refractivity contribution >= 4 is 17.7 Å². The highest BCUT2D eigenvalue weighted by Crippen LogP contribution is 2.15. The van der Waals surface area contributed by atoms with Crippen LogP contribution in [0.15, 0.2) is 30.3 Å². The van der Waals surface area contributed by atoms with E-state index >= 15 is 0 Å². The average Bonchev–Trinajstić information content (AvgIpc) is 2.77. The molecule has 21 heavy (non-hydrogen) atoms. The molecule has 2 N–H and O–H groups in total. The molecule has 0 atom stereocenters. The largest absolute Gasteiger partial charge is 0.336 e. The molecule has 1 aliphatic rings. The molecule has 112 valence electrons. The summed E-state index contributed by atoms with van der Waals surface area (Å²) in [5.74, 6) is -2.03. The molecule has 3 amide bonds. The Bertz CT molecular complexity index is 526. The minimum Gasteiger partial charge on any atom is -0.336 e. The van der Waals surface area contributed by atoms with Gasteiger partial charge >= 0.3 is 0 Å². The van der Waals surface area contributed by atoms with Crippen LogP contribution >= 0.6 is 0 Å². The van der Waals surface area contributed by atoms with Gasteiger partial charge in [0.1, 0.15) is 5.92 Å². The second kappa shape index (κ2) is 6.39. The Morgan fingerprint density at radius 1 is 1.14 bits per heavy atom. The number of benzene rings is 1. The molecule has 1 aliphatic heterocycles. The van der Waals surface area contributed by atoms with E-state index in [0.717, 1.165) is 5.56 Å². The van der Waals surface area contributed by atoms with Crippen LogP contribution in [0.4, 0.5) is 0 Å². The molecule has 1 saturated heterocycles. The van der Waals surface area contributed by atoms with Gasteiger partial charge in [0.15, 0.2) is 0 Å². The highest BCUT2D eigenvalue weighted by Gasteiger charge is 2.36. The van der Waals surface area contributed by atoms with Crippen LogP contribution in [0.5, 0.6) is 0 Å². The van der Waals surface area contributed by atoms with Crippen molar-refractivity contribution in [3.8, 4) is 0 Å². The van der Waals surface area contributed by atoms with Crippen molar-refractivity contribution in [2.45, 2.75) is 32.9 Å². The number of nitrogens with zero attached hydrogens (tertiary/aromatic N) is 1. The van der Waals surface area contributed by atoms with Gasteiger partial charge in [-0.3, -0.25) is 25.2 Å². The zero-order valence-electron chi connectivity index (χ0n) is 12.1. The van der Waals surface area contributed by atoms with Crippen LogP contribution < -0.4 is 10.9 Å². The van der Waals surface area contributed by atoms with Gasteiger partial charge in [-0.1, -0.05) is 30.3 Å². The van der Waals surface area contributed by atoms with Crippen LogP contribution in [0, 0.1) is 5.92 Å². The molecule has 0 aromatic heterocycles. The zero-order chi connectivity index (χ0) is 15.4. The zero-order valence-corrected chi connectivity index (χ0v) is 12.1. The Kier molecular flexibility index (Phi) is 4.57. The molecule has 0 radical (unpaired) electrons. The Labute approximate surface area is 123 Å². The molecule has 1 aromatic carbocycles. The van der Waals surface area contributed by atoms with E-state index in [0.29, 0.717) is 6.54 Å². The molecule has 6 nitrogen and oxygen atoms in total. The first-order chi connectivity index (χ1) is 9.99. The molecule has 0 aliphatic carbocycles. The first kappa shape index (κ1) is 15.0. The molecule has 1 heterocycles. The average molecular weight is 289 g/mol. The number of rotatable bonds is 5. The number of hydrazine groups is 1. The molecule has 0 saturated carbocycles. The van der Waals surface area contributed by atoms with Gasteiger partial charge < -0.3 is 4.90 Å². The quantitative estimate of drug-likeness (QED) is 0.779. The van der Waals surface area contributed by atoms with Gasteiger partial charge in [0, 0.05) is 19.0 Å². The molecule has 0 bridgehead atoms. The van der Waals surface area contributed by atoms with Crippen molar-refractivity contribution < 1.29 is 14.4 Å². The minimum absolute atomic E-state index is 0.00904. The lowest BCUT2D eigenvalue weighted by Crippen LogP contribution is -2.38. The monoisotopic (exact) mass is 289 g/mol. The predicted octanol–water partition coefficient (Wildman–Crippen LogP) is 0.591. The van der Waals surface area contributed by atoms with Crippen LogP contribution in [0.1, 0.15) is 25.8 Å². The molecular weight excluding hydrogens is 270 g/mol. The van der Waals surface area contributed by atoms with E-state index in [-0.39, 0.29) is 18.4 Å². The smallest absolute Gasteiger partial charge is 0.251 e. The maximum Gasteiger partial charge on any atom is 0.251 e. The highest BCUT2D eigenvalue weighted by atomic mass is 16.2. The first-order valence-electron chi connectivity index (χ1n) is 6.92. The number of carbonyl (C=O) groups is 3. The molecular formula is C15H19N3O3. The summed E-state index contributed by atoms with van der Waals surface area (Å²) in [6, 6.07) is 9.62. The van der Waals surface area contributed by atoms with Gasteiger partial charge in [-0.05, 0) is 19.4 Å². The Hall–Kier alpha value is -2.37. The maximum atomic E-state index is 12.4. The predicted molar refractivity (Wildman–Crippen MR) is 76.5 cm³/mol. The van der Waals surface area contributed by atoms with Crippen LogP contribution in [-0.4, -0.2) is 28.7 Å². The third-order valence-corrected chi connectivity index (χ3v) is 3.46. The van der Waals surface area contributed by atoms with E-state index in [1.54, 1.807) is 4.90 Å². The molecule has 6 heteroatoms. The summed E-state index contributed by atoms with van der Waals surface area (Å²) in [5, 5.41) is 0. The summed E-state index contributed by atoms with van der Waals surface area (Å²) in [6.45, 7) is 4.29. The fraction of sp³-hybridized carbons (Fsp3) is 0.400. The summed E-state index contributed by atoms with van der Waals surface area (Å²) in [4.78, 5) is 37.1. The Morgan fingerprint density at radius 2 is 1.71 bits per heavy atom. The van der Waals surface area contributed by atoms with Crippen molar-refractivity contribution in [3.05, 3.63) is 35.9 Å². The Morgan fingerprint density at radius 3 is 2.24 bits per heavy atom. The van der Waals surface area contributed by atoms with Gasteiger partial charge in [-0.2, -0.15) is 0 Å². The summed E-state index contributed by atoms with van der Waals surface area (Å²) < 4.78 is 0. The van der Waals surface area contributed by atoms with Crippen molar-refractivity contribution in [2.24, 2.45) is 5.92 Å². The second-order valence-corrected chi connectivity index (χ2v) is 5.34. The number of hydrogen-bond donors (Lipinski definition) is 2. The molecule has 0 spiro atoms. The highest BCUT2D eigenvalue weighted by molar-refractivity contribution is 6.07. The van der Waals surface area contributed by atoms with Crippen molar-refractivity contribution in [2.75, 3.05) is 0 Å². The van der Waals surface area contributed by atoms with E-state index < -0.39 is 17.7 Å². The lowest BCUT2D eigenvalue weighted by molar-refractivity contribution is -0.140. The molecule has 2 rings (SSSR count). The Balaban J connectivity index is 2.06. The summed E-state index contributed by atoms with van der Waals surface area (Å²) in [5.41, 5.74) is 5.48. The fourth-order valence-electron chi connectivity index (χ4n) is 2.23. The first-order valence-corrected chi connectivity index (χ1v) is 6.92. The summed E-state index contributed by atoms with van der Waals surface area (Å²) >= 11 is 0. The van der Waals surface area contributed by atoms with Gasteiger partial charge in [0.25, 0.3) is 11.8 Å². The van der Waals surface area contributed by atoms with E-state index in [4.69, 9.17) is 0 Å². The van der Waals surface area contributed by atoms with Crippen LogP contribution in [-0.2, 0) is 20.9 Å². The van der Waals surface area contributed by atoms with E-state index in [1.807, 2.05) is 44.2 Å². The number of hydrogen-bond acceptors (Lipinski definition) is 3. The van der Waals surface area contributed by atoms with Gasteiger partial charge in [-0.25, -0.2) is 0 Å². The SMILES string of the molecule is CC(C)N(Cc1ccccc1)C(=O)CC1C(=O)NNC1=O. The minimum atomic E-state index is -0.936. The van der Waals surface area contributed by atoms with Crippen LogP contribution in [0.25, 0.3) is 0 Å². The van der Waals surface area contributed by atoms with Gasteiger partial charge in [0.2, 0.25) is 5.91 Å². The third kappa shape index (κ3) is 3.59. The topological polar surface area (TPSA) is 78.5 Å². The number of carbonyl (C=O) groups excluding carboxylic acids is 3. The van der Waals surface area contributed by atoms with E-state index in [1.165, 1.54) is 0 Å². The third-order valence-electron chi connectivity index (χ3n) is 3.46. The van der Waals surface area contributed by atoms with E-state index in [9.17, 15) is 14.4 Å². The standard InChI is InChI=1S/C15H19N3O3/c1-10(2)18(9-11-6-4-3-5-7-11)13(19)8-12-14(20)16-17-15(12)21/h3-7,10,12H,8-9H2,1-2H3,(H,16,20)(H,17,21).